The van der Waals surface area contributed by atoms with Gasteiger partial charge in [0.2, 0.25) is 0 Å². The van der Waals surface area contributed by atoms with Crippen molar-refractivity contribution >= 4 is 34.5 Å². The zero-order chi connectivity index (χ0) is 27.4. The predicted molar refractivity (Wildman–Crippen MR) is 160 cm³/mol. The van der Waals surface area contributed by atoms with Gasteiger partial charge in [-0.15, -0.1) is 13.2 Å². The summed E-state index contributed by atoms with van der Waals surface area (Å²) in [4.78, 5) is 22.6. The van der Waals surface area contributed by atoms with Crippen LogP contribution < -0.4 is 0 Å². The van der Waals surface area contributed by atoms with Crippen LogP contribution >= 0.6 is 22.6 Å². The van der Waals surface area contributed by atoms with E-state index in [0.29, 0.717) is 37.9 Å². The molecule has 2 saturated heterocycles. The number of alkyl halides is 1. The number of ether oxygens (including phenoxy) is 2. The van der Waals surface area contributed by atoms with E-state index in [1.165, 1.54) is 33.4 Å². The predicted octanol–water partition coefficient (Wildman–Crippen LogP) is 7.86. The van der Waals surface area contributed by atoms with Crippen molar-refractivity contribution in [2.45, 2.75) is 65.2 Å². The lowest BCUT2D eigenvalue weighted by molar-refractivity contribution is -0.154. The van der Waals surface area contributed by atoms with E-state index in [2.05, 4.69) is 99.8 Å². The van der Waals surface area contributed by atoms with E-state index in [9.17, 15) is 9.59 Å². The quantitative estimate of drug-likeness (QED) is 0.149. The third-order valence-electron chi connectivity index (χ3n) is 7.04. The highest BCUT2D eigenvalue weighted by Crippen LogP contribution is 2.32. The summed E-state index contributed by atoms with van der Waals surface area (Å²) in [7, 11) is 0. The number of carbonyl (C=O) groups is 2. The highest BCUT2D eigenvalue weighted by molar-refractivity contribution is 14.1. The summed E-state index contributed by atoms with van der Waals surface area (Å²) in [5.74, 6) is 0.557. The molecule has 5 heteroatoms. The first kappa shape index (κ1) is 30.8. The van der Waals surface area contributed by atoms with Gasteiger partial charge in [0.1, 0.15) is 0 Å². The van der Waals surface area contributed by atoms with Gasteiger partial charge in [0, 0.05) is 22.7 Å². The largest absolute Gasteiger partial charge is 0.465 e. The highest BCUT2D eigenvalue weighted by Gasteiger charge is 2.30. The van der Waals surface area contributed by atoms with Gasteiger partial charge in [0.15, 0.2) is 0 Å². The van der Waals surface area contributed by atoms with Crippen LogP contribution in [0, 0.1) is 33.6 Å². The van der Waals surface area contributed by atoms with Crippen LogP contribution in [0.2, 0.25) is 0 Å². The van der Waals surface area contributed by atoms with Crippen LogP contribution in [0.5, 0.6) is 0 Å². The number of halogens is 1. The molecule has 2 aromatic carbocycles. The zero-order valence-corrected chi connectivity index (χ0v) is 24.9. The molecule has 2 fully saturated rings. The third-order valence-corrected chi connectivity index (χ3v) is 7.66. The van der Waals surface area contributed by atoms with Gasteiger partial charge in [-0.2, -0.15) is 0 Å². The Hall–Kier alpha value is -2.41. The lowest BCUT2D eigenvalue weighted by atomic mass is 9.85. The van der Waals surface area contributed by atoms with Crippen LogP contribution in [-0.2, 0) is 19.1 Å². The van der Waals surface area contributed by atoms with Gasteiger partial charge in [-0.3, -0.25) is 9.59 Å². The summed E-state index contributed by atoms with van der Waals surface area (Å²) in [6.07, 6.45) is 6.71. The molecule has 0 amide bonds. The van der Waals surface area contributed by atoms with E-state index < -0.39 is 0 Å². The summed E-state index contributed by atoms with van der Waals surface area (Å²) < 4.78 is 11.4. The Bertz CT molecular complexity index is 1060. The summed E-state index contributed by atoms with van der Waals surface area (Å²) in [6.45, 7) is 16.7. The maximum atomic E-state index is 11.6. The van der Waals surface area contributed by atoms with Crippen molar-refractivity contribution < 1.29 is 19.1 Å². The number of hydrogen-bond donors (Lipinski definition) is 0. The molecule has 2 heterocycles. The lowest BCUT2D eigenvalue weighted by Crippen LogP contribution is -2.29. The Balaban J connectivity index is 0.000000230. The van der Waals surface area contributed by atoms with E-state index in [1.54, 1.807) is 6.08 Å². The smallest absolute Gasteiger partial charge is 0.309 e. The summed E-state index contributed by atoms with van der Waals surface area (Å²) in [5, 5.41) is 0. The van der Waals surface area contributed by atoms with Crippen molar-refractivity contribution in [1.29, 1.82) is 0 Å². The number of aryl methyl sites for hydroxylation is 4. The molecule has 0 saturated carbocycles. The fourth-order valence-electron chi connectivity index (χ4n) is 4.38. The number of carbonyl (C=O) groups excluding carboxylic acids is 2. The molecule has 2 aromatic rings. The average molecular weight is 617 g/mol. The van der Waals surface area contributed by atoms with Crippen molar-refractivity contribution in [3.05, 3.63) is 95.1 Å². The van der Waals surface area contributed by atoms with Gasteiger partial charge in [0.25, 0.3) is 0 Å². The van der Waals surface area contributed by atoms with Gasteiger partial charge in [-0.1, -0.05) is 71.1 Å². The molecule has 2 aliphatic rings. The summed E-state index contributed by atoms with van der Waals surface area (Å²) in [6, 6.07) is 13.0. The second kappa shape index (κ2) is 15.8. The van der Waals surface area contributed by atoms with Crippen LogP contribution in [0.25, 0.3) is 0 Å². The minimum Gasteiger partial charge on any atom is -0.465 e. The van der Waals surface area contributed by atoms with E-state index >= 15 is 0 Å². The van der Waals surface area contributed by atoms with Crippen molar-refractivity contribution in [2.24, 2.45) is 5.92 Å². The van der Waals surface area contributed by atoms with Crippen LogP contribution in [0.15, 0.2) is 61.7 Å². The molecule has 0 aromatic heterocycles. The molecule has 4 rings (SSSR count). The summed E-state index contributed by atoms with van der Waals surface area (Å²) in [5.41, 5.74) is 7.79. The zero-order valence-electron chi connectivity index (χ0n) is 22.7. The third kappa shape index (κ3) is 9.76. The number of hydrogen-bond acceptors (Lipinski definition) is 4. The topological polar surface area (TPSA) is 52.6 Å². The average Bonchev–Trinajstić information content (AvgIpc) is 2.90. The molecule has 0 aliphatic carbocycles. The molecular weight excluding hydrogens is 575 g/mol. The van der Waals surface area contributed by atoms with Crippen LogP contribution in [0.3, 0.4) is 0 Å². The van der Waals surface area contributed by atoms with Gasteiger partial charge >= 0.3 is 11.9 Å². The first-order valence-electron chi connectivity index (χ1n) is 12.9. The van der Waals surface area contributed by atoms with Crippen LogP contribution in [0.4, 0.5) is 0 Å². The molecule has 0 bridgehead atoms. The molecule has 4 nitrogen and oxygen atoms in total. The van der Waals surface area contributed by atoms with Crippen LogP contribution in [-0.4, -0.2) is 29.6 Å². The Kier molecular flexibility index (Phi) is 13.1. The number of cyclic esters (lactones) is 2. The van der Waals surface area contributed by atoms with E-state index in [4.69, 9.17) is 9.47 Å². The maximum Gasteiger partial charge on any atom is 0.309 e. The highest BCUT2D eigenvalue weighted by atomic mass is 127. The standard InChI is InChI=1S/C16H20O2.C13H16O2.C3H5I/c1-4-5-14-9-15(10-18-16(14)17)13-7-6-11(2)12(3)8-13;1-9-3-4-11(7-10(9)2)12-5-6-13(14)15-8-12;1-2-3-4/h4,6-8,14-15H,1,5,9-10H2,2-3H3;3-4,7,12H,5-6,8H2,1-2H3;2H,1,3H2/t14?,15-;12-;/m11./s1. The Morgan fingerprint density at radius 2 is 1.38 bits per heavy atom. The van der Waals surface area contributed by atoms with Crippen LogP contribution in [0.1, 0.15) is 70.9 Å². The monoisotopic (exact) mass is 616 g/mol. The molecule has 0 N–H and O–H groups in total. The molecule has 0 radical (unpaired) electrons. The minimum atomic E-state index is -0.0741. The molecule has 1 unspecified atom stereocenters. The molecule has 200 valence electrons. The normalized spacial score (nSPS) is 20.7. The maximum absolute atomic E-state index is 11.6. The fraction of sp³-hybridized carbons (Fsp3) is 0.438. The van der Waals surface area contributed by atoms with E-state index in [1.807, 2.05) is 6.08 Å². The van der Waals surface area contributed by atoms with E-state index in [0.717, 1.165) is 17.3 Å². The SMILES string of the molecule is C=CCC1C[C@@H](c2ccc(C)c(C)c2)COC1=O.C=CCI.Cc1ccc([C@@H]2CCC(=O)OC2)cc1C. The number of allylic oxidation sites excluding steroid dienone is 2. The molecule has 3 atom stereocenters. The Morgan fingerprint density at radius 3 is 1.84 bits per heavy atom. The first-order chi connectivity index (χ1) is 17.7. The molecular formula is C32H41IO4. The van der Waals surface area contributed by atoms with E-state index in [-0.39, 0.29) is 17.9 Å². The van der Waals surface area contributed by atoms with Gasteiger partial charge in [0.05, 0.1) is 19.1 Å². The molecule has 37 heavy (non-hydrogen) atoms. The minimum absolute atomic E-state index is 0.0251. The Labute approximate surface area is 236 Å². The van der Waals surface area contributed by atoms with Gasteiger partial charge in [-0.05, 0) is 80.3 Å². The van der Waals surface area contributed by atoms with Crippen molar-refractivity contribution in [1.82, 2.24) is 0 Å². The second-order valence-corrected chi connectivity index (χ2v) is 10.7. The number of esters is 2. The summed E-state index contributed by atoms with van der Waals surface area (Å²) >= 11 is 2.23. The fourth-order valence-corrected chi connectivity index (χ4v) is 4.38. The lowest BCUT2D eigenvalue weighted by Gasteiger charge is -2.28. The molecule has 0 spiro atoms. The van der Waals surface area contributed by atoms with Crippen molar-refractivity contribution in [3.8, 4) is 0 Å². The van der Waals surface area contributed by atoms with Gasteiger partial charge in [-0.25, -0.2) is 0 Å². The number of benzene rings is 2. The Morgan fingerprint density at radius 1 is 0.838 bits per heavy atom. The van der Waals surface area contributed by atoms with Gasteiger partial charge < -0.3 is 9.47 Å². The molecule has 2 aliphatic heterocycles. The van der Waals surface area contributed by atoms with Crippen molar-refractivity contribution in [3.63, 3.8) is 0 Å². The second-order valence-electron chi connectivity index (χ2n) is 9.83. The number of rotatable bonds is 5. The first-order valence-corrected chi connectivity index (χ1v) is 14.5. The van der Waals surface area contributed by atoms with Crippen molar-refractivity contribution in [2.75, 3.05) is 17.6 Å².